The van der Waals surface area contributed by atoms with Crippen molar-refractivity contribution < 1.29 is 28.6 Å². The lowest BCUT2D eigenvalue weighted by Gasteiger charge is -2.18. The maximum absolute atomic E-state index is 12.9. The first-order chi connectivity index (χ1) is 33.5. The molecule has 0 aromatic heterocycles. The van der Waals surface area contributed by atoms with Gasteiger partial charge in [-0.25, -0.2) is 0 Å². The average Bonchev–Trinajstić information content (AvgIpc) is 3.34. The zero-order valence-corrected chi connectivity index (χ0v) is 45.1. The van der Waals surface area contributed by atoms with Crippen molar-refractivity contribution >= 4 is 17.9 Å². The molecule has 0 N–H and O–H groups in total. The molecule has 0 rings (SSSR count). The van der Waals surface area contributed by atoms with Crippen LogP contribution in [0.3, 0.4) is 0 Å². The third kappa shape index (κ3) is 54.1. The SMILES string of the molecule is CC/C=C\C/C=C\C/C=C\C/C=C\CCCCCCCCCCC(=O)OCC(COC(=O)CCCCCCCCCCCC)OC(=O)CCCCCCCCCCC/C=C\CCCCCCCC. The summed E-state index contributed by atoms with van der Waals surface area (Å²) < 4.78 is 16.9. The van der Waals surface area contributed by atoms with Gasteiger partial charge >= 0.3 is 17.9 Å². The van der Waals surface area contributed by atoms with Gasteiger partial charge in [0.15, 0.2) is 6.10 Å². The maximum atomic E-state index is 12.9. The Bertz CT molecular complexity index is 1230. The molecule has 0 saturated heterocycles. The normalized spacial score (nSPS) is 12.5. The van der Waals surface area contributed by atoms with Crippen molar-refractivity contribution in [1.29, 1.82) is 0 Å². The number of rotatable bonds is 53. The number of hydrogen-bond donors (Lipinski definition) is 0. The number of hydrogen-bond acceptors (Lipinski definition) is 6. The molecule has 0 aliphatic carbocycles. The molecule has 0 amide bonds. The number of carbonyl (C=O) groups excluding carboxylic acids is 3. The molecule has 0 aromatic rings. The highest BCUT2D eigenvalue weighted by atomic mass is 16.6. The maximum Gasteiger partial charge on any atom is 0.306 e. The number of allylic oxidation sites excluding steroid dienone is 10. The molecule has 0 radical (unpaired) electrons. The average molecular weight is 952 g/mol. The summed E-state index contributed by atoms with van der Waals surface area (Å²) >= 11 is 0. The number of esters is 3. The molecule has 0 aliphatic rings. The molecule has 68 heavy (non-hydrogen) atoms. The Hall–Kier alpha value is -2.89. The molecule has 0 fully saturated rings. The van der Waals surface area contributed by atoms with Crippen molar-refractivity contribution in [3.63, 3.8) is 0 Å². The predicted molar refractivity (Wildman–Crippen MR) is 293 cm³/mol. The third-order valence-corrected chi connectivity index (χ3v) is 12.8. The summed E-state index contributed by atoms with van der Waals surface area (Å²) in [7, 11) is 0. The minimum absolute atomic E-state index is 0.0749. The Morgan fingerprint density at radius 3 is 0.912 bits per heavy atom. The van der Waals surface area contributed by atoms with Crippen molar-refractivity contribution in [1.82, 2.24) is 0 Å². The van der Waals surface area contributed by atoms with Gasteiger partial charge in [0.05, 0.1) is 0 Å². The van der Waals surface area contributed by atoms with E-state index in [4.69, 9.17) is 14.2 Å². The van der Waals surface area contributed by atoms with Crippen LogP contribution in [0.2, 0.25) is 0 Å². The van der Waals surface area contributed by atoms with Crippen LogP contribution in [0.1, 0.15) is 297 Å². The molecule has 0 heterocycles. The highest BCUT2D eigenvalue weighted by molar-refractivity contribution is 5.71. The van der Waals surface area contributed by atoms with Crippen molar-refractivity contribution in [3.8, 4) is 0 Å². The van der Waals surface area contributed by atoms with Gasteiger partial charge in [0, 0.05) is 19.3 Å². The lowest BCUT2D eigenvalue weighted by Crippen LogP contribution is -2.30. The molecule has 0 aliphatic heterocycles. The molecular weight excluding hydrogens is 841 g/mol. The fourth-order valence-electron chi connectivity index (χ4n) is 8.37. The van der Waals surface area contributed by atoms with E-state index in [9.17, 15) is 14.4 Å². The molecule has 6 nitrogen and oxygen atoms in total. The lowest BCUT2D eigenvalue weighted by atomic mass is 10.1. The predicted octanol–water partition coefficient (Wildman–Crippen LogP) is 19.6. The molecule has 0 bridgehead atoms. The fraction of sp³-hybridized carbons (Fsp3) is 0.790. The summed E-state index contributed by atoms with van der Waals surface area (Å²) in [5, 5.41) is 0. The van der Waals surface area contributed by atoms with Crippen molar-refractivity contribution in [3.05, 3.63) is 60.8 Å². The van der Waals surface area contributed by atoms with Crippen LogP contribution in [-0.2, 0) is 28.6 Å². The summed E-state index contributed by atoms with van der Waals surface area (Å²) in [6.45, 7) is 6.53. The van der Waals surface area contributed by atoms with E-state index in [1.54, 1.807) is 0 Å². The van der Waals surface area contributed by atoms with Crippen LogP contribution in [0.15, 0.2) is 60.8 Å². The Balaban J connectivity index is 4.29. The lowest BCUT2D eigenvalue weighted by molar-refractivity contribution is -0.167. The quantitative estimate of drug-likeness (QED) is 0.0262. The second kappa shape index (κ2) is 56.7. The molecule has 1 atom stereocenters. The first-order valence-corrected chi connectivity index (χ1v) is 29.3. The van der Waals surface area contributed by atoms with Crippen LogP contribution in [-0.4, -0.2) is 37.2 Å². The molecule has 1 unspecified atom stereocenters. The van der Waals surface area contributed by atoms with E-state index < -0.39 is 6.10 Å². The molecule has 0 saturated carbocycles. The number of carbonyl (C=O) groups is 3. The minimum atomic E-state index is -0.776. The Morgan fingerprint density at radius 2 is 0.574 bits per heavy atom. The first kappa shape index (κ1) is 65.1. The zero-order chi connectivity index (χ0) is 49.3. The Labute approximate surface area is 421 Å². The van der Waals surface area contributed by atoms with Gasteiger partial charge in [0.25, 0.3) is 0 Å². The van der Waals surface area contributed by atoms with Crippen molar-refractivity contribution in [2.45, 2.75) is 303 Å². The summed E-state index contributed by atoms with van der Waals surface area (Å²) in [4.78, 5) is 38.1. The second-order valence-electron chi connectivity index (χ2n) is 19.5. The minimum Gasteiger partial charge on any atom is -0.462 e. The van der Waals surface area contributed by atoms with Crippen LogP contribution in [0, 0.1) is 0 Å². The highest BCUT2D eigenvalue weighted by Crippen LogP contribution is 2.16. The van der Waals surface area contributed by atoms with Gasteiger partial charge in [-0.2, -0.15) is 0 Å². The smallest absolute Gasteiger partial charge is 0.306 e. The molecule has 0 aromatic carbocycles. The van der Waals surface area contributed by atoms with E-state index in [0.29, 0.717) is 19.3 Å². The van der Waals surface area contributed by atoms with Crippen LogP contribution < -0.4 is 0 Å². The summed E-state index contributed by atoms with van der Waals surface area (Å²) in [6.07, 6.45) is 70.7. The topological polar surface area (TPSA) is 78.9 Å². The van der Waals surface area contributed by atoms with Crippen LogP contribution in [0.4, 0.5) is 0 Å². The van der Waals surface area contributed by atoms with Gasteiger partial charge < -0.3 is 14.2 Å². The fourth-order valence-corrected chi connectivity index (χ4v) is 8.37. The largest absolute Gasteiger partial charge is 0.462 e. The van der Waals surface area contributed by atoms with Gasteiger partial charge in [-0.1, -0.05) is 255 Å². The Kier molecular flexibility index (Phi) is 54.3. The van der Waals surface area contributed by atoms with E-state index in [2.05, 4.69) is 81.5 Å². The van der Waals surface area contributed by atoms with Gasteiger partial charge in [-0.15, -0.1) is 0 Å². The van der Waals surface area contributed by atoms with E-state index in [0.717, 1.165) is 89.9 Å². The standard InChI is InChI=1S/C62H110O6/c1-4-7-10-13-16-19-22-24-26-28-30-31-33-34-36-38-40-43-46-49-52-55-61(64)67-58-59(57-66-60(63)54-51-48-45-42-21-18-15-12-9-6-3)68-62(65)56-53-50-47-44-41-39-37-35-32-29-27-25-23-20-17-14-11-8-5-2/h7,10,16,19,24-27,30-31,59H,4-6,8-9,11-15,17-18,20-23,28-29,32-58H2,1-3H3/b10-7-,19-16-,26-24-,27-25-,31-30-. The summed E-state index contributed by atoms with van der Waals surface area (Å²) in [5.41, 5.74) is 0. The second-order valence-corrected chi connectivity index (χ2v) is 19.5. The summed E-state index contributed by atoms with van der Waals surface area (Å²) in [6, 6.07) is 0. The third-order valence-electron chi connectivity index (χ3n) is 12.8. The van der Waals surface area contributed by atoms with Gasteiger partial charge in [-0.05, 0) is 83.5 Å². The van der Waals surface area contributed by atoms with Gasteiger partial charge in [0.1, 0.15) is 13.2 Å². The molecule has 6 heteroatoms. The van der Waals surface area contributed by atoms with Crippen molar-refractivity contribution in [2.75, 3.05) is 13.2 Å². The number of ether oxygens (including phenoxy) is 3. The van der Waals surface area contributed by atoms with Gasteiger partial charge in [-0.3, -0.25) is 14.4 Å². The van der Waals surface area contributed by atoms with Crippen molar-refractivity contribution in [2.24, 2.45) is 0 Å². The van der Waals surface area contributed by atoms with E-state index in [1.807, 2.05) is 0 Å². The van der Waals surface area contributed by atoms with E-state index in [1.165, 1.54) is 167 Å². The van der Waals surface area contributed by atoms with E-state index in [-0.39, 0.29) is 31.1 Å². The van der Waals surface area contributed by atoms with Crippen LogP contribution in [0.25, 0.3) is 0 Å². The monoisotopic (exact) mass is 951 g/mol. The van der Waals surface area contributed by atoms with Gasteiger partial charge in [0.2, 0.25) is 0 Å². The van der Waals surface area contributed by atoms with Crippen LogP contribution >= 0.6 is 0 Å². The highest BCUT2D eigenvalue weighted by Gasteiger charge is 2.19. The summed E-state index contributed by atoms with van der Waals surface area (Å²) in [5.74, 6) is -0.875. The first-order valence-electron chi connectivity index (χ1n) is 29.3. The Morgan fingerprint density at radius 1 is 0.309 bits per heavy atom. The zero-order valence-electron chi connectivity index (χ0n) is 45.1. The van der Waals surface area contributed by atoms with E-state index >= 15 is 0 Å². The molecule has 0 spiro atoms. The number of unbranched alkanes of at least 4 members (excludes halogenated alkanes) is 32. The molecule has 394 valence electrons. The van der Waals surface area contributed by atoms with Crippen LogP contribution in [0.5, 0.6) is 0 Å². The molecular formula is C62H110O6.